The summed E-state index contributed by atoms with van der Waals surface area (Å²) in [4.78, 5) is 11.7. The van der Waals surface area contributed by atoms with Crippen LogP contribution in [0.15, 0.2) is 24.3 Å². The molecule has 3 nitrogen and oxygen atoms in total. The van der Waals surface area contributed by atoms with Crippen LogP contribution in [-0.4, -0.2) is 23.7 Å². The molecule has 0 heterocycles. The number of hydrogen-bond donors (Lipinski definition) is 2. The molecule has 0 saturated heterocycles. The third kappa shape index (κ3) is 3.79. The molecule has 0 aliphatic carbocycles. The molecule has 0 radical (unpaired) electrons. The maximum atomic E-state index is 11.7. The number of nitrogens with one attached hydrogen (secondary N) is 1. The van der Waals surface area contributed by atoms with Crippen molar-refractivity contribution in [3.8, 4) is 0 Å². The minimum atomic E-state index is -0.156. The quantitative estimate of drug-likeness (QED) is 0.832. The first-order valence-electron chi connectivity index (χ1n) is 4.84. The van der Waals surface area contributed by atoms with Gasteiger partial charge in [-0.3, -0.25) is 4.79 Å². The van der Waals surface area contributed by atoms with Crippen molar-refractivity contribution in [1.82, 2.24) is 5.32 Å². The first-order valence-corrected chi connectivity index (χ1v) is 5.92. The van der Waals surface area contributed by atoms with Crippen LogP contribution < -0.4 is 5.32 Å². The van der Waals surface area contributed by atoms with E-state index in [1.807, 2.05) is 19.1 Å². The molecule has 1 rings (SSSR count). The Hall–Kier alpha value is -0.620. The highest BCUT2D eigenvalue weighted by molar-refractivity contribution is 14.1. The number of halogens is 1. The third-order valence-corrected chi connectivity index (χ3v) is 2.87. The number of aliphatic hydroxyl groups is 1. The van der Waals surface area contributed by atoms with Gasteiger partial charge in [-0.25, -0.2) is 0 Å². The zero-order chi connectivity index (χ0) is 11.3. The molecule has 0 saturated carbocycles. The van der Waals surface area contributed by atoms with Gasteiger partial charge in [0.2, 0.25) is 0 Å². The van der Waals surface area contributed by atoms with E-state index in [4.69, 9.17) is 5.11 Å². The summed E-state index contributed by atoms with van der Waals surface area (Å²) in [5.41, 5.74) is 0.627. The second kappa shape index (κ2) is 6.07. The molecule has 0 aliphatic rings. The zero-order valence-corrected chi connectivity index (χ0v) is 10.7. The van der Waals surface area contributed by atoms with E-state index in [2.05, 4.69) is 27.9 Å². The average molecular weight is 319 g/mol. The van der Waals surface area contributed by atoms with Crippen LogP contribution in [0.2, 0.25) is 0 Å². The number of carbonyl (C=O) groups is 1. The van der Waals surface area contributed by atoms with Crippen LogP contribution in [0.1, 0.15) is 23.7 Å². The van der Waals surface area contributed by atoms with Gasteiger partial charge in [0.1, 0.15) is 0 Å². The molecule has 0 spiro atoms. The second-order valence-electron chi connectivity index (χ2n) is 3.27. The van der Waals surface area contributed by atoms with Gasteiger partial charge in [-0.15, -0.1) is 0 Å². The maximum Gasteiger partial charge on any atom is 0.251 e. The number of aliphatic hydroxyl groups excluding tert-OH is 1. The number of rotatable bonds is 4. The highest BCUT2D eigenvalue weighted by Gasteiger charge is 2.10. The van der Waals surface area contributed by atoms with Crippen molar-refractivity contribution in [2.45, 2.75) is 19.4 Å². The molecule has 15 heavy (non-hydrogen) atoms. The van der Waals surface area contributed by atoms with Crippen LogP contribution in [0, 0.1) is 3.57 Å². The van der Waals surface area contributed by atoms with Crippen LogP contribution in [0.3, 0.4) is 0 Å². The summed E-state index contributed by atoms with van der Waals surface area (Å²) in [6, 6.07) is 7.17. The lowest BCUT2D eigenvalue weighted by Gasteiger charge is -2.13. The molecule has 0 fully saturated rings. The van der Waals surface area contributed by atoms with Gasteiger partial charge < -0.3 is 10.4 Å². The van der Waals surface area contributed by atoms with E-state index in [1.54, 1.807) is 12.1 Å². The topological polar surface area (TPSA) is 49.3 Å². The molecular formula is C11H14INO2. The second-order valence-corrected chi connectivity index (χ2v) is 4.51. The van der Waals surface area contributed by atoms with E-state index < -0.39 is 0 Å². The van der Waals surface area contributed by atoms with Crippen molar-refractivity contribution in [3.05, 3.63) is 33.4 Å². The molecule has 1 amide bonds. The predicted molar refractivity (Wildman–Crippen MR) is 67.8 cm³/mol. The van der Waals surface area contributed by atoms with Crippen LogP contribution in [-0.2, 0) is 0 Å². The average Bonchev–Trinajstić information content (AvgIpc) is 2.26. The molecule has 1 aromatic carbocycles. The number of hydrogen-bond acceptors (Lipinski definition) is 2. The van der Waals surface area contributed by atoms with Crippen molar-refractivity contribution in [1.29, 1.82) is 0 Å². The molecule has 1 aromatic rings. The minimum Gasteiger partial charge on any atom is -0.394 e. The fourth-order valence-electron chi connectivity index (χ4n) is 1.15. The lowest BCUT2D eigenvalue weighted by atomic mass is 10.2. The van der Waals surface area contributed by atoms with Crippen molar-refractivity contribution >= 4 is 28.5 Å². The molecular weight excluding hydrogens is 305 g/mol. The summed E-state index contributed by atoms with van der Waals surface area (Å²) in [5.74, 6) is -0.132. The Morgan fingerprint density at radius 1 is 1.47 bits per heavy atom. The number of amides is 1. The molecule has 4 heteroatoms. The smallest absolute Gasteiger partial charge is 0.251 e. The highest BCUT2D eigenvalue weighted by Crippen LogP contribution is 2.07. The first-order chi connectivity index (χ1) is 7.17. The Labute approximate surface area is 103 Å². The van der Waals surface area contributed by atoms with Crippen LogP contribution in [0.25, 0.3) is 0 Å². The first kappa shape index (κ1) is 12.4. The Morgan fingerprint density at radius 2 is 2.07 bits per heavy atom. The summed E-state index contributed by atoms with van der Waals surface area (Å²) < 4.78 is 1.10. The van der Waals surface area contributed by atoms with Crippen molar-refractivity contribution in [2.75, 3.05) is 6.61 Å². The van der Waals surface area contributed by atoms with E-state index in [9.17, 15) is 4.79 Å². The van der Waals surface area contributed by atoms with Gasteiger partial charge in [-0.2, -0.15) is 0 Å². The molecule has 0 aromatic heterocycles. The Kier molecular flexibility index (Phi) is 5.04. The van der Waals surface area contributed by atoms with E-state index in [-0.39, 0.29) is 18.6 Å². The number of carbonyl (C=O) groups excluding carboxylic acids is 1. The third-order valence-electron chi connectivity index (χ3n) is 2.15. The molecule has 0 unspecified atom stereocenters. The summed E-state index contributed by atoms with van der Waals surface area (Å²) in [5, 5.41) is 11.7. The summed E-state index contributed by atoms with van der Waals surface area (Å²) >= 11 is 2.19. The predicted octanol–water partition coefficient (Wildman–Crippen LogP) is 1.79. The van der Waals surface area contributed by atoms with Crippen LogP contribution in [0.4, 0.5) is 0 Å². The van der Waals surface area contributed by atoms with E-state index in [1.165, 1.54) is 0 Å². The molecule has 1 atom stereocenters. The molecule has 82 valence electrons. The zero-order valence-electron chi connectivity index (χ0n) is 8.53. The minimum absolute atomic E-state index is 0.0212. The lowest BCUT2D eigenvalue weighted by molar-refractivity contribution is 0.0915. The van der Waals surface area contributed by atoms with Gasteiger partial charge in [-0.1, -0.05) is 6.92 Å². The van der Waals surface area contributed by atoms with Gasteiger partial charge in [-0.05, 0) is 53.3 Å². The SMILES string of the molecule is CC[C@H](CO)NC(=O)c1ccc(I)cc1. The summed E-state index contributed by atoms with van der Waals surface area (Å²) in [7, 11) is 0. The van der Waals surface area contributed by atoms with Gasteiger partial charge in [0.15, 0.2) is 0 Å². The lowest BCUT2D eigenvalue weighted by Crippen LogP contribution is -2.36. The van der Waals surface area contributed by atoms with E-state index in [0.717, 1.165) is 9.99 Å². The van der Waals surface area contributed by atoms with Gasteiger partial charge in [0, 0.05) is 9.13 Å². The van der Waals surface area contributed by atoms with Crippen molar-refractivity contribution in [3.63, 3.8) is 0 Å². The summed E-state index contributed by atoms with van der Waals surface area (Å²) in [6.45, 7) is 1.90. The van der Waals surface area contributed by atoms with Crippen molar-refractivity contribution in [2.24, 2.45) is 0 Å². The monoisotopic (exact) mass is 319 g/mol. The molecule has 0 aliphatic heterocycles. The molecule has 0 bridgehead atoms. The normalized spacial score (nSPS) is 12.2. The maximum absolute atomic E-state index is 11.7. The largest absolute Gasteiger partial charge is 0.394 e. The number of benzene rings is 1. The van der Waals surface area contributed by atoms with Gasteiger partial charge in [0.05, 0.1) is 12.6 Å². The Morgan fingerprint density at radius 3 is 2.53 bits per heavy atom. The molecule has 2 N–H and O–H groups in total. The van der Waals surface area contributed by atoms with Gasteiger partial charge >= 0.3 is 0 Å². The van der Waals surface area contributed by atoms with Crippen LogP contribution >= 0.6 is 22.6 Å². The highest BCUT2D eigenvalue weighted by atomic mass is 127. The Balaban J connectivity index is 2.64. The van der Waals surface area contributed by atoms with E-state index in [0.29, 0.717) is 5.56 Å². The fraction of sp³-hybridized carbons (Fsp3) is 0.364. The summed E-state index contributed by atoms with van der Waals surface area (Å²) in [6.07, 6.45) is 0.729. The standard InChI is InChI=1S/C11H14INO2/c1-2-10(7-14)13-11(15)8-3-5-9(12)6-4-8/h3-6,10,14H,2,7H2,1H3,(H,13,15)/t10-/m1/s1. The Bertz CT molecular complexity index is 320. The van der Waals surface area contributed by atoms with E-state index >= 15 is 0 Å². The fourth-order valence-corrected chi connectivity index (χ4v) is 1.51. The van der Waals surface area contributed by atoms with Crippen molar-refractivity contribution < 1.29 is 9.90 Å². The van der Waals surface area contributed by atoms with Crippen LogP contribution in [0.5, 0.6) is 0 Å². The van der Waals surface area contributed by atoms with Gasteiger partial charge in [0.25, 0.3) is 5.91 Å².